The molecule has 0 bridgehead atoms. The zero-order chi connectivity index (χ0) is 33.0. The topological polar surface area (TPSA) is 142 Å². The van der Waals surface area contributed by atoms with E-state index in [1.165, 1.54) is 36.2 Å². The number of hydrogen-bond donors (Lipinski definition) is 3. The number of halogens is 4. The number of aliphatic hydroxyl groups is 1. The number of ether oxygens (including phenoxy) is 2. The van der Waals surface area contributed by atoms with Gasteiger partial charge in [-0.2, -0.15) is 5.10 Å². The zero-order valence-electron chi connectivity index (χ0n) is 25.0. The van der Waals surface area contributed by atoms with Crippen LogP contribution in [0.25, 0.3) is 22.2 Å². The number of carbonyl (C=O) groups is 2. The highest BCUT2D eigenvalue weighted by atomic mass is 35.5. The van der Waals surface area contributed by atoms with Crippen LogP contribution >= 0.6 is 11.6 Å². The van der Waals surface area contributed by atoms with Gasteiger partial charge < -0.3 is 25.6 Å². The van der Waals surface area contributed by atoms with E-state index in [0.29, 0.717) is 36.6 Å². The highest BCUT2D eigenvalue weighted by Crippen LogP contribution is 2.48. The average molecular weight is 658 g/mol. The second-order valence-corrected chi connectivity index (χ2v) is 12.1. The molecule has 14 heteroatoms. The Morgan fingerprint density at radius 2 is 1.96 bits per heavy atom. The van der Waals surface area contributed by atoms with Gasteiger partial charge in [-0.05, 0) is 56.0 Å². The molecule has 4 aromatic rings. The first-order chi connectivity index (χ1) is 21.9. The predicted octanol–water partition coefficient (Wildman–Crippen LogP) is 4.91. The Kier molecular flexibility index (Phi) is 8.09. The van der Waals surface area contributed by atoms with Gasteiger partial charge in [0.1, 0.15) is 28.3 Å². The lowest BCUT2D eigenvalue weighted by Gasteiger charge is -2.30. The number of amides is 2. The lowest BCUT2D eigenvalue weighted by atomic mass is 9.90. The number of methoxy groups -OCH3 is 1. The summed E-state index contributed by atoms with van der Waals surface area (Å²) in [6, 6.07) is 6.57. The van der Waals surface area contributed by atoms with Crippen LogP contribution in [-0.2, 0) is 22.6 Å². The third kappa shape index (κ3) is 5.84. The summed E-state index contributed by atoms with van der Waals surface area (Å²) in [4.78, 5) is 30.2. The van der Waals surface area contributed by atoms with Gasteiger partial charge >= 0.3 is 0 Å². The van der Waals surface area contributed by atoms with Gasteiger partial charge in [-0.15, -0.1) is 0 Å². The lowest BCUT2D eigenvalue weighted by molar-refractivity contribution is -0.117. The van der Waals surface area contributed by atoms with E-state index in [2.05, 4.69) is 15.4 Å². The first-order valence-electron chi connectivity index (χ1n) is 14.7. The van der Waals surface area contributed by atoms with Gasteiger partial charge in [0.25, 0.3) is 5.91 Å². The quantitative estimate of drug-likeness (QED) is 0.184. The first-order valence-corrected chi connectivity index (χ1v) is 15.1. The lowest BCUT2D eigenvalue weighted by Crippen LogP contribution is -2.43. The van der Waals surface area contributed by atoms with Crippen molar-refractivity contribution < 1.29 is 37.3 Å². The molecule has 0 spiro atoms. The molecule has 1 atom stereocenters. The summed E-state index contributed by atoms with van der Waals surface area (Å²) in [5.74, 6) is -5.22. The Morgan fingerprint density at radius 1 is 1.22 bits per heavy atom. The molecule has 0 unspecified atom stereocenters. The second-order valence-electron chi connectivity index (χ2n) is 11.7. The highest BCUT2D eigenvalue weighted by Gasteiger charge is 2.48. The summed E-state index contributed by atoms with van der Waals surface area (Å²) in [6.45, 7) is 1.54. The van der Waals surface area contributed by atoms with Gasteiger partial charge in [-0.25, -0.2) is 22.8 Å². The molecule has 0 saturated heterocycles. The number of alkyl halides is 1. The third-order valence-corrected chi connectivity index (χ3v) is 8.58. The summed E-state index contributed by atoms with van der Waals surface area (Å²) in [5, 5.41) is 19.2. The van der Waals surface area contributed by atoms with Crippen molar-refractivity contribution in [2.45, 2.75) is 50.4 Å². The normalized spacial score (nSPS) is 16.6. The number of primary amides is 1. The van der Waals surface area contributed by atoms with Gasteiger partial charge in [0.2, 0.25) is 11.7 Å². The Hall–Kier alpha value is -4.36. The molecule has 2 fully saturated rings. The van der Waals surface area contributed by atoms with Crippen molar-refractivity contribution in [2.75, 3.05) is 20.3 Å². The zero-order valence-corrected chi connectivity index (χ0v) is 25.8. The average Bonchev–Trinajstić information content (AvgIpc) is 3.96. The number of rotatable bonds is 12. The van der Waals surface area contributed by atoms with E-state index in [-0.39, 0.29) is 65.1 Å². The third-order valence-electron chi connectivity index (χ3n) is 8.30. The molecule has 0 aliphatic heterocycles. The van der Waals surface area contributed by atoms with Crippen molar-refractivity contribution in [3.63, 3.8) is 0 Å². The molecule has 2 aromatic heterocycles. The molecule has 10 nitrogen and oxygen atoms in total. The minimum atomic E-state index is -1.74. The molecular weight excluding hydrogens is 627 g/mol. The van der Waals surface area contributed by atoms with E-state index >= 15 is 0 Å². The van der Waals surface area contributed by atoms with Crippen LogP contribution < -0.4 is 20.5 Å². The van der Waals surface area contributed by atoms with Crippen molar-refractivity contribution in [3.05, 3.63) is 70.0 Å². The molecule has 4 N–H and O–H groups in total. The van der Waals surface area contributed by atoms with Gasteiger partial charge in [-0.3, -0.25) is 9.59 Å². The molecular formula is C32H31ClF3N5O5. The van der Waals surface area contributed by atoms with Gasteiger partial charge in [-0.1, -0.05) is 11.6 Å². The van der Waals surface area contributed by atoms with E-state index in [1.807, 2.05) is 0 Å². The number of fused-ring (bicyclic) bond motifs is 1. The fourth-order valence-corrected chi connectivity index (χ4v) is 5.78. The van der Waals surface area contributed by atoms with Crippen molar-refractivity contribution in [2.24, 2.45) is 11.7 Å². The van der Waals surface area contributed by atoms with Crippen molar-refractivity contribution >= 4 is 34.3 Å². The number of aromatic nitrogens is 3. The summed E-state index contributed by atoms with van der Waals surface area (Å²) < 4.78 is 55.7. The molecule has 2 aromatic carbocycles. The van der Waals surface area contributed by atoms with Crippen molar-refractivity contribution in [1.82, 2.24) is 20.1 Å². The van der Waals surface area contributed by atoms with Crippen LogP contribution in [0.15, 0.2) is 36.5 Å². The summed E-state index contributed by atoms with van der Waals surface area (Å²) in [7, 11) is 1.42. The summed E-state index contributed by atoms with van der Waals surface area (Å²) >= 11 is 5.95. The Bertz CT molecular complexity index is 1850. The van der Waals surface area contributed by atoms with Crippen molar-refractivity contribution in [1.29, 1.82) is 0 Å². The molecule has 6 rings (SSSR count). The van der Waals surface area contributed by atoms with Crippen LogP contribution in [0.5, 0.6) is 11.5 Å². The SMILES string of the molecule is CCOc1c(CC(N)=O)cc([C@@](O)(CNC(=O)c2cc(OC)c3nn(C4(F)CC4)cc3c2)C2CC2)nc1-c1cc(F)c(F)c(Cl)c1. The number of carbonyl (C=O) groups excluding carboxylic acids is 2. The summed E-state index contributed by atoms with van der Waals surface area (Å²) in [5.41, 5.74) is 4.77. The maximum absolute atomic E-state index is 14.7. The monoisotopic (exact) mass is 657 g/mol. The fourth-order valence-electron chi connectivity index (χ4n) is 5.57. The molecule has 0 radical (unpaired) electrons. The van der Waals surface area contributed by atoms with Gasteiger partial charge in [0.05, 0.1) is 37.4 Å². The molecule has 2 heterocycles. The smallest absolute Gasteiger partial charge is 0.251 e. The maximum Gasteiger partial charge on any atom is 0.251 e. The van der Waals surface area contributed by atoms with Crippen LogP contribution in [0.2, 0.25) is 5.02 Å². The van der Waals surface area contributed by atoms with E-state index in [1.54, 1.807) is 13.0 Å². The number of pyridine rings is 1. The minimum Gasteiger partial charge on any atom is -0.494 e. The number of nitrogens with two attached hydrogens (primary N) is 1. The molecule has 2 saturated carbocycles. The van der Waals surface area contributed by atoms with E-state index in [0.717, 1.165) is 6.07 Å². The largest absolute Gasteiger partial charge is 0.494 e. The molecule has 2 aliphatic carbocycles. The van der Waals surface area contributed by atoms with Crippen molar-refractivity contribution in [3.8, 4) is 22.8 Å². The second kappa shape index (κ2) is 11.8. The molecule has 242 valence electrons. The van der Waals surface area contributed by atoms with Crippen LogP contribution in [-0.4, -0.2) is 51.9 Å². The van der Waals surface area contributed by atoms with E-state index < -0.39 is 39.9 Å². The maximum atomic E-state index is 14.7. The Labute approximate surface area is 266 Å². The highest BCUT2D eigenvalue weighted by molar-refractivity contribution is 6.31. The van der Waals surface area contributed by atoms with Crippen LogP contribution in [0.4, 0.5) is 13.2 Å². The number of nitrogens with one attached hydrogen (secondary N) is 1. The van der Waals surface area contributed by atoms with Crippen LogP contribution in [0.1, 0.15) is 54.2 Å². The fraction of sp³-hybridized carbons (Fsp3) is 0.375. The predicted molar refractivity (Wildman–Crippen MR) is 162 cm³/mol. The standard InChI is InChI=1S/C32H31ClF3N5O5/c1-3-46-29-17(13-25(37)42)12-24(39-28(29)16-9-21(33)26(35)22(34)10-16)32(44,20-4-5-20)15-38-30(43)18-8-19-14-41(31(36)6-7-31)40-27(19)23(11-18)45-2/h8-12,14,20,44H,3-7,13,15H2,1-2H3,(H2,37,42)(H,38,43)/t32-/m1/s1. The van der Waals surface area contributed by atoms with Gasteiger partial charge in [0, 0.05) is 41.1 Å². The molecule has 2 aliphatic rings. The van der Waals surface area contributed by atoms with Crippen LogP contribution in [0, 0.1) is 17.6 Å². The van der Waals surface area contributed by atoms with Crippen LogP contribution in [0.3, 0.4) is 0 Å². The Balaban J connectivity index is 1.38. The minimum absolute atomic E-state index is 0.00954. The number of hydrogen-bond acceptors (Lipinski definition) is 7. The number of nitrogens with zero attached hydrogens (tertiary/aromatic N) is 3. The molecule has 46 heavy (non-hydrogen) atoms. The number of benzene rings is 2. The van der Waals surface area contributed by atoms with Gasteiger partial charge in [0.15, 0.2) is 11.6 Å². The Morgan fingerprint density at radius 3 is 2.57 bits per heavy atom. The molecule has 2 amide bonds. The van der Waals surface area contributed by atoms with E-state index in [9.17, 15) is 27.9 Å². The summed E-state index contributed by atoms with van der Waals surface area (Å²) in [6.07, 6.45) is 3.14. The first kappa shape index (κ1) is 31.6. The van der Waals surface area contributed by atoms with E-state index in [4.69, 9.17) is 26.8 Å².